The van der Waals surface area contributed by atoms with Gasteiger partial charge in [-0.25, -0.2) is 10.1 Å². The van der Waals surface area contributed by atoms with Gasteiger partial charge >= 0.3 is 0 Å². The summed E-state index contributed by atoms with van der Waals surface area (Å²) in [6.45, 7) is 2.71. The minimum Gasteiger partial charge on any atom is -0.294 e. The Labute approximate surface area is 154 Å². The first-order valence-electron chi connectivity index (χ1n) is 8.46. The van der Waals surface area contributed by atoms with Crippen molar-refractivity contribution >= 4 is 34.5 Å². The molecule has 2 aromatic heterocycles. The predicted octanol–water partition coefficient (Wildman–Crippen LogP) is 2.44. The zero-order valence-corrected chi connectivity index (χ0v) is 15.3. The van der Waals surface area contributed by atoms with Crippen molar-refractivity contribution < 1.29 is 4.79 Å². The van der Waals surface area contributed by atoms with Gasteiger partial charge in [0.05, 0.1) is 16.7 Å². The van der Waals surface area contributed by atoms with E-state index in [1.165, 1.54) is 18.1 Å². The van der Waals surface area contributed by atoms with Gasteiger partial charge in [-0.05, 0) is 18.6 Å². The number of aromatic amines is 1. The average molecular weight is 372 g/mol. The number of nitrogens with one attached hydrogen (secondary N) is 2. The van der Waals surface area contributed by atoms with Crippen molar-refractivity contribution in [2.24, 2.45) is 0 Å². The lowest BCUT2D eigenvalue weighted by Crippen LogP contribution is -2.24. The van der Waals surface area contributed by atoms with Crippen LogP contribution < -0.4 is 10.9 Å². The lowest BCUT2D eigenvalue weighted by molar-refractivity contribution is -0.113. The number of anilines is 1. The van der Waals surface area contributed by atoms with E-state index >= 15 is 0 Å². The van der Waals surface area contributed by atoms with Gasteiger partial charge < -0.3 is 0 Å². The number of rotatable bonds is 8. The lowest BCUT2D eigenvalue weighted by atomic mass is 10.2. The normalized spacial score (nSPS) is 11.0. The highest BCUT2D eigenvalue weighted by atomic mass is 32.2. The predicted molar refractivity (Wildman–Crippen MR) is 101 cm³/mol. The molecule has 2 N–H and O–H groups in total. The number of H-pyrrole nitrogens is 1. The molecule has 2 heterocycles. The summed E-state index contributed by atoms with van der Waals surface area (Å²) in [4.78, 5) is 33.3. The number of amides is 1. The molecule has 0 aliphatic rings. The summed E-state index contributed by atoms with van der Waals surface area (Å²) >= 11 is 1.24. The van der Waals surface area contributed by atoms with Crippen molar-refractivity contribution in [2.45, 2.75) is 37.9 Å². The molecule has 0 saturated carbocycles. The Kier molecular flexibility index (Phi) is 6.00. The van der Waals surface area contributed by atoms with Crippen molar-refractivity contribution in [3.8, 4) is 0 Å². The Morgan fingerprint density at radius 1 is 1.31 bits per heavy atom. The molecule has 26 heavy (non-hydrogen) atoms. The van der Waals surface area contributed by atoms with Crippen LogP contribution in [-0.2, 0) is 11.3 Å². The van der Waals surface area contributed by atoms with Crippen LogP contribution in [0.1, 0.15) is 26.2 Å². The standard InChI is InChI=1S/C17H20N6O2S/c1-2-3-6-9-23-15(25)12-7-4-5-8-13(12)20-17(23)26-10-14(24)21-16-18-11-19-22-16/h4-5,7-8,11H,2-3,6,9-10H2,1H3,(H2,18,19,21,22,24). The summed E-state index contributed by atoms with van der Waals surface area (Å²) in [5.74, 6) is 0.177. The van der Waals surface area contributed by atoms with Crippen molar-refractivity contribution in [3.63, 3.8) is 0 Å². The van der Waals surface area contributed by atoms with Crippen LogP contribution in [0.2, 0.25) is 0 Å². The largest absolute Gasteiger partial charge is 0.294 e. The molecular weight excluding hydrogens is 352 g/mol. The summed E-state index contributed by atoms with van der Waals surface area (Å²) in [6.07, 6.45) is 4.32. The Hall–Kier alpha value is -2.68. The Morgan fingerprint density at radius 2 is 2.15 bits per heavy atom. The van der Waals surface area contributed by atoms with E-state index in [4.69, 9.17) is 0 Å². The number of hydrogen-bond donors (Lipinski definition) is 2. The van der Waals surface area contributed by atoms with Crippen LogP contribution in [0.3, 0.4) is 0 Å². The second-order valence-corrected chi connectivity index (χ2v) is 6.69. The van der Waals surface area contributed by atoms with Gasteiger partial charge in [0, 0.05) is 6.54 Å². The van der Waals surface area contributed by atoms with E-state index in [0.29, 0.717) is 28.6 Å². The first-order chi connectivity index (χ1) is 12.7. The summed E-state index contributed by atoms with van der Waals surface area (Å²) in [7, 11) is 0. The molecule has 0 saturated heterocycles. The summed E-state index contributed by atoms with van der Waals surface area (Å²) < 4.78 is 1.67. The number of fused-ring (bicyclic) bond motifs is 1. The number of nitrogens with zero attached hydrogens (tertiary/aromatic N) is 4. The van der Waals surface area contributed by atoms with E-state index < -0.39 is 0 Å². The zero-order valence-electron chi connectivity index (χ0n) is 14.4. The fraction of sp³-hybridized carbons (Fsp3) is 0.353. The maximum Gasteiger partial charge on any atom is 0.262 e. The van der Waals surface area contributed by atoms with Crippen molar-refractivity contribution in [1.82, 2.24) is 24.7 Å². The third-order valence-corrected chi connectivity index (χ3v) is 4.79. The molecule has 0 spiro atoms. The number of hydrogen-bond acceptors (Lipinski definition) is 6. The molecule has 0 aliphatic heterocycles. The van der Waals surface area contributed by atoms with Gasteiger partial charge in [-0.3, -0.25) is 19.5 Å². The van der Waals surface area contributed by atoms with E-state index in [0.717, 1.165) is 19.3 Å². The molecule has 136 valence electrons. The monoisotopic (exact) mass is 372 g/mol. The van der Waals surface area contributed by atoms with E-state index in [1.807, 2.05) is 18.2 Å². The average Bonchev–Trinajstić information content (AvgIpc) is 3.15. The van der Waals surface area contributed by atoms with E-state index in [2.05, 4.69) is 32.4 Å². The van der Waals surface area contributed by atoms with Gasteiger partial charge in [0.15, 0.2) is 5.16 Å². The minimum absolute atomic E-state index is 0.0650. The van der Waals surface area contributed by atoms with Gasteiger partial charge in [0.1, 0.15) is 6.33 Å². The first kappa shape index (κ1) is 18.1. The highest BCUT2D eigenvalue weighted by Crippen LogP contribution is 2.18. The molecule has 9 heteroatoms. The van der Waals surface area contributed by atoms with Crippen LogP contribution >= 0.6 is 11.8 Å². The van der Waals surface area contributed by atoms with Crippen molar-refractivity contribution in [2.75, 3.05) is 11.1 Å². The highest BCUT2D eigenvalue weighted by molar-refractivity contribution is 7.99. The fourth-order valence-electron chi connectivity index (χ4n) is 2.54. The molecule has 3 aromatic rings. The molecule has 1 amide bonds. The van der Waals surface area contributed by atoms with E-state index in [-0.39, 0.29) is 17.2 Å². The summed E-state index contributed by atoms with van der Waals surface area (Å²) in [5, 5.41) is 10.0. The van der Waals surface area contributed by atoms with Gasteiger partial charge in [-0.2, -0.15) is 10.1 Å². The SMILES string of the molecule is CCCCCn1c(SCC(=O)Nc2ncn[nH]2)nc2ccccc2c1=O. The van der Waals surface area contributed by atoms with Gasteiger partial charge in [0.2, 0.25) is 11.9 Å². The number of carbonyl (C=O) groups is 1. The number of aromatic nitrogens is 5. The van der Waals surface area contributed by atoms with Crippen LogP contribution in [-0.4, -0.2) is 36.4 Å². The van der Waals surface area contributed by atoms with Gasteiger partial charge in [0.25, 0.3) is 5.56 Å². The van der Waals surface area contributed by atoms with Gasteiger partial charge in [-0.1, -0.05) is 43.7 Å². The second kappa shape index (κ2) is 8.61. The second-order valence-electron chi connectivity index (χ2n) is 5.75. The van der Waals surface area contributed by atoms with Crippen molar-refractivity contribution in [1.29, 1.82) is 0 Å². The summed E-state index contributed by atoms with van der Waals surface area (Å²) in [6, 6.07) is 7.28. The quantitative estimate of drug-likeness (QED) is 0.357. The van der Waals surface area contributed by atoms with Gasteiger partial charge in [-0.15, -0.1) is 0 Å². The third-order valence-electron chi connectivity index (χ3n) is 3.82. The molecule has 0 unspecified atom stereocenters. The number of thioether (sulfide) groups is 1. The number of carbonyl (C=O) groups excluding carboxylic acids is 1. The Morgan fingerprint density at radius 3 is 2.92 bits per heavy atom. The zero-order chi connectivity index (χ0) is 18.4. The molecule has 0 fully saturated rings. The Bertz CT molecular complexity index is 938. The molecule has 0 aliphatic carbocycles. The maximum atomic E-state index is 12.8. The van der Waals surface area contributed by atoms with Crippen LogP contribution in [0.5, 0.6) is 0 Å². The molecular formula is C17H20N6O2S. The highest BCUT2D eigenvalue weighted by Gasteiger charge is 2.13. The van der Waals surface area contributed by atoms with E-state index in [9.17, 15) is 9.59 Å². The molecule has 8 nitrogen and oxygen atoms in total. The Balaban J connectivity index is 1.81. The van der Waals surface area contributed by atoms with Crippen LogP contribution in [0.15, 0.2) is 40.5 Å². The van der Waals surface area contributed by atoms with Crippen LogP contribution in [0, 0.1) is 0 Å². The minimum atomic E-state index is -0.241. The number of benzene rings is 1. The molecule has 1 aromatic carbocycles. The molecule has 0 radical (unpaired) electrons. The first-order valence-corrected chi connectivity index (χ1v) is 9.45. The summed E-state index contributed by atoms with van der Waals surface area (Å²) in [5.41, 5.74) is 0.576. The molecule has 0 atom stereocenters. The fourth-order valence-corrected chi connectivity index (χ4v) is 3.36. The van der Waals surface area contributed by atoms with Crippen LogP contribution in [0.4, 0.5) is 5.95 Å². The number of para-hydroxylation sites is 1. The third kappa shape index (κ3) is 4.29. The topological polar surface area (TPSA) is 106 Å². The van der Waals surface area contributed by atoms with E-state index in [1.54, 1.807) is 10.6 Å². The smallest absolute Gasteiger partial charge is 0.262 e. The van der Waals surface area contributed by atoms with Crippen LogP contribution in [0.25, 0.3) is 10.9 Å². The molecule has 3 rings (SSSR count). The maximum absolute atomic E-state index is 12.8. The lowest BCUT2D eigenvalue weighted by Gasteiger charge is -2.12. The molecule has 0 bridgehead atoms. The number of unbranched alkanes of at least 4 members (excludes halogenated alkanes) is 2. The van der Waals surface area contributed by atoms with Crippen molar-refractivity contribution in [3.05, 3.63) is 40.9 Å².